The second kappa shape index (κ2) is 3.97. The summed E-state index contributed by atoms with van der Waals surface area (Å²) in [7, 11) is 0. The summed E-state index contributed by atoms with van der Waals surface area (Å²) in [6.07, 6.45) is 0.713. The molecule has 16 heavy (non-hydrogen) atoms. The van der Waals surface area contributed by atoms with Gasteiger partial charge < -0.3 is 10.0 Å². The molecular weight excluding hydrogens is 224 g/mol. The van der Waals surface area contributed by atoms with Gasteiger partial charge in [-0.1, -0.05) is 11.6 Å². The Hall–Kier alpha value is -1.24. The molecule has 1 aliphatic heterocycles. The van der Waals surface area contributed by atoms with Gasteiger partial charge in [0.05, 0.1) is 16.9 Å². The highest BCUT2D eigenvalue weighted by Gasteiger charge is 2.32. The van der Waals surface area contributed by atoms with Crippen LogP contribution in [0.3, 0.4) is 0 Å². The third-order valence-electron chi connectivity index (χ3n) is 2.87. The number of hydrogen-bond donors (Lipinski definition) is 1. The number of β-amino-alcohol motifs (C(OH)–C–C–N with tert-alkyl or cyclic N) is 1. The van der Waals surface area contributed by atoms with Gasteiger partial charge in [-0.25, -0.2) is 0 Å². The van der Waals surface area contributed by atoms with E-state index in [0.717, 1.165) is 12.2 Å². The Balaban J connectivity index is 2.34. The van der Waals surface area contributed by atoms with Gasteiger partial charge >= 0.3 is 0 Å². The SMILES string of the molecule is CC1(O)CCN(c2cc(Cl)ccc2C#N)C1. The fourth-order valence-electron chi connectivity index (χ4n) is 2.01. The molecule has 84 valence electrons. The second-order valence-corrected chi connectivity index (χ2v) is 4.88. The van der Waals surface area contributed by atoms with Gasteiger partial charge in [0.1, 0.15) is 6.07 Å². The van der Waals surface area contributed by atoms with Crippen molar-refractivity contribution in [2.75, 3.05) is 18.0 Å². The first-order chi connectivity index (χ1) is 7.52. The molecule has 0 amide bonds. The van der Waals surface area contributed by atoms with Crippen molar-refractivity contribution >= 4 is 17.3 Å². The summed E-state index contributed by atoms with van der Waals surface area (Å²) < 4.78 is 0. The third kappa shape index (κ3) is 2.13. The number of hydrogen-bond acceptors (Lipinski definition) is 3. The van der Waals surface area contributed by atoms with Crippen LogP contribution in [0.1, 0.15) is 18.9 Å². The van der Waals surface area contributed by atoms with Gasteiger partial charge in [-0.3, -0.25) is 0 Å². The minimum absolute atomic E-state index is 0.544. The molecule has 0 saturated carbocycles. The molecule has 1 saturated heterocycles. The zero-order valence-electron chi connectivity index (χ0n) is 9.07. The molecule has 1 aromatic rings. The van der Waals surface area contributed by atoms with E-state index >= 15 is 0 Å². The molecule has 1 aromatic carbocycles. The minimum atomic E-state index is -0.672. The Labute approximate surface area is 99.9 Å². The second-order valence-electron chi connectivity index (χ2n) is 4.44. The van der Waals surface area contributed by atoms with E-state index in [-0.39, 0.29) is 0 Å². The number of anilines is 1. The van der Waals surface area contributed by atoms with Gasteiger partial charge in [0, 0.05) is 18.1 Å². The van der Waals surface area contributed by atoms with E-state index < -0.39 is 5.60 Å². The Bertz CT molecular complexity index is 451. The highest BCUT2D eigenvalue weighted by molar-refractivity contribution is 6.30. The zero-order chi connectivity index (χ0) is 11.8. The Kier molecular flexibility index (Phi) is 2.79. The Morgan fingerprint density at radius 1 is 1.56 bits per heavy atom. The van der Waals surface area contributed by atoms with Gasteiger partial charge in [0.2, 0.25) is 0 Å². The van der Waals surface area contributed by atoms with E-state index in [9.17, 15) is 5.11 Å². The molecule has 1 N–H and O–H groups in total. The summed E-state index contributed by atoms with van der Waals surface area (Å²) in [5, 5.41) is 19.5. The summed E-state index contributed by atoms with van der Waals surface area (Å²) in [5.74, 6) is 0. The van der Waals surface area contributed by atoms with Crippen LogP contribution in [0.5, 0.6) is 0 Å². The van der Waals surface area contributed by atoms with Crippen LogP contribution in [-0.4, -0.2) is 23.8 Å². The predicted octanol–water partition coefficient (Wildman–Crippen LogP) is 2.17. The van der Waals surface area contributed by atoms with Gasteiger partial charge in [0.25, 0.3) is 0 Å². The van der Waals surface area contributed by atoms with Crippen molar-refractivity contribution in [3.8, 4) is 6.07 Å². The standard InChI is InChI=1S/C12H13ClN2O/c1-12(16)4-5-15(8-12)11-6-10(13)3-2-9(11)7-14/h2-3,6,16H,4-5,8H2,1H3. The molecule has 3 nitrogen and oxygen atoms in total. The Morgan fingerprint density at radius 2 is 2.31 bits per heavy atom. The number of halogens is 1. The van der Waals surface area contributed by atoms with Crippen LogP contribution >= 0.6 is 11.6 Å². The van der Waals surface area contributed by atoms with Crippen LogP contribution in [0.4, 0.5) is 5.69 Å². The summed E-state index contributed by atoms with van der Waals surface area (Å²) >= 11 is 5.92. The van der Waals surface area contributed by atoms with Crippen molar-refractivity contribution in [3.05, 3.63) is 28.8 Å². The molecule has 1 unspecified atom stereocenters. The Morgan fingerprint density at radius 3 is 2.88 bits per heavy atom. The van der Waals surface area contributed by atoms with Crippen LogP contribution in [0.25, 0.3) is 0 Å². The van der Waals surface area contributed by atoms with Crippen molar-refractivity contribution < 1.29 is 5.11 Å². The molecule has 0 bridgehead atoms. The monoisotopic (exact) mass is 236 g/mol. The smallest absolute Gasteiger partial charge is 0.101 e. The van der Waals surface area contributed by atoms with Crippen LogP contribution in [0, 0.1) is 11.3 Å². The molecule has 1 fully saturated rings. The topological polar surface area (TPSA) is 47.3 Å². The van der Waals surface area contributed by atoms with Crippen LogP contribution in [-0.2, 0) is 0 Å². The predicted molar refractivity (Wildman–Crippen MR) is 63.6 cm³/mol. The van der Waals surface area contributed by atoms with E-state index in [2.05, 4.69) is 6.07 Å². The van der Waals surface area contributed by atoms with E-state index in [1.54, 1.807) is 18.2 Å². The number of nitrogens with zero attached hydrogens (tertiary/aromatic N) is 2. The molecule has 4 heteroatoms. The molecule has 0 aromatic heterocycles. The number of nitriles is 1. The largest absolute Gasteiger partial charge is 0.388 e. The van der Waals surface area contributed by atoms with E-state index in [1.807, 2.05) is 11.8 Å². The molecule has 1 heterocycles. The maximum Gasteiger partial charge on any atom is 0.101 e. The number of aliphatic hydroxyl groups is 1. The summed E-state index contributed by atoms with van der Waals surface area (Å²) in [6.45, 7) is 3.10. The average Bonchev–Trinajstić information content (AvgIpc) is 2.59. The average molecular weight is 237 g/mol. The summed E-state index contributed by atoms with van der Waals surface area (Å²) in [4.78, 5) is 2.00. The van der Waals surface area contributed by atoms with Crippen molar-refractivity contribution in [3.63, 3.8) is 0 Å². The van der Waals surface area contributed by atoms with Gasteiger partial charge in [-0.15, -0.1) is 0 Å². The molecule has 1 aliphatic rings. The van der Waals surface area contributed by atoms with Crippen LogP contribution in [0.2, 0.25) is 5.02 Å². The zero-order valence-corrected chi connectivity index (χ0v) is 9.83. The van der Waals surface area contributed by atoms with Crippen molar-refractivity contribution in [2.45, 2.75) is 18.9 Å². The molecular formula is C12H13ClN2O. The molecule has 0 aliphatic carbocycles. The summed E-state index contributed by atoms with van der Waals surface area (Å²) in [6, 6.07) is 7.34. The van der Waals surface area contributed by atoms with Crippen molar-refractivity contribution in [1.29, 1.82) is 5.26 Å². The number of benzene rings is 1. The lowest BCUT2D eigenvalue weighted by Gasteiger charge is -2.21. The lowest BCUT2D eigenvalue weighted by atomic mass is 10.1. The third-order valence-corrected chi connectivity index (χ3v) is 3.11. The quantitative estimate of drug-likeness (QED) is 0.813. The summed E-state index contributed by atoms with van der Waals surface area (Å²) in [5.41, 5.74) is 0.740. The van der Waals surface area contributed by atoms with Crippen molar-refractivity contribution in [1.82, 2.24) is 0 Å². The van der Waals surface area contributed by atoms with Crippen LogP contribution in [0.15, 0.2) is 18.2 Å². The minimum Gasteiger partial charge on any atom is -0.388 e. The van der Waals surface area contributed by atoms with E-state index in [4.69, 9.17) is 16.9 Å². The lowest BCUT2D eigenvalue weighted by Crippen LogP contribution is -2.29. The van der Waals surface area contributed by atoms with E-state index in [0.29, 0.717) is 23.6 Å². The first-order valence-electron chi connectivity index (χ1n) is 5.19. The highest BCUT2D eigenvalue weighted by atomic mass is 35.5. The molecule has 2 rings (SSSR count). The fraction of sp³-hybridized carbons (Fsp3) is 0.417. The molecule has 1 atom stereocenters. The highest BCUT2D eigenvalue weighted by Crippen LogP contribution is 2.30. The van der Waals surface area contributed by atoms with Gasteiger partial charge in [-0.2, -0.15) is 5.26 Å². The van der Waals surface area contributed by atoms with Crippen LogP contribution < -0.4 is 4.90 Å². The normalized spacial score (nSPS) is 24.5. The fourth-order valence-corrected chi connectivity index (χ4v) is 2.18. The van der Waals surface area contributed by atoms with E-state index in [1.165, 1.54) is 0 Å². The lowest BCUT2D eigenvalue weighted by molar-refractivity contribution is 0.0839. The van der Waals surface area contributed by atoms with Gasteiger partial charge in [0.15, 0.2) is 0 Å². The molecule has 0 radical (unpaired) electrons. The first kappa shape index (κ1) is 11.3. The maximum absolute atomic E-state index is 9.90. The first-order valence-corrected chi connectivity index (χ1v) is 5.57. The molecule has 0 spiro atoms. The number of rotatable bonds is 1. The maximum atomic E-state index is 9.90. The van der Waals surface area contributed by atoms with Crippen molar-refractivity contribution in [2.24, 2.45) is 0 Å². The van der Waals surface area contributed by atoms with Gasteiger partial charge in [-0.05, 0) is 31.5 Å².